The topological polar surface area (TPSA) is 65.1 Å². The van der Waals surface area contributed by atoms with Crippen molar-refractivity contribution in [1.29, 1.82) is 0 Å². The molecule has 1 atom stereocenters. The maximum absolute atomic E-state index is 13.0. The van der Waals surface area contributed by atoms with Gasteiger partial charge in [-0.3, -0.25) is 4.79 Å². The van der Waals surface area contributed by atoms with Gasteiger partial charge in [0.15, 0.2) is 0 Å². The monoisotopic (exact) mass is 355 g/mol. The lowest BCUT2D eigenvalue weighted by atomic mass is 9.65. The molecule has 7 heteroatoms. The first-order valence-electron chi connectivity index (χ1n) is 8.84. The van der Waals surface area contributed by atoms with Crippen LogP contribution in [0, 0.1) is 0 Å². The predicted octanol–water partition coefficient (Wildman–Crippen LogP) is 2.24. The summed E-state index contributed by atoms with van der Waals surface area (Å²) in [5.74, 6) is 0.0863. The van der Waals surface area contributed by atoms with Crippen molar-refractivity contribution in [1.82, 2.24) is 4.90 Å². The van der Waals surface area contributed by atoms with E-state index >= 15 is 0 Å². The fourth-order valence-electron chi connectivity index (χ4n) is 3.08. The van der Waals surface area contributed by atoms with Gasteiger partial charge in [0.05, 0.1) is 39.5 Å². The predicted molar refractivity (Wildman–Crippen MR) is 96.1 cm³/mol. The molecule has 26 heavy (non-hydrogen) atoms. The molecule has 2 aliphatic rings. The van der Waals surface area contributed by atoms with E-state index in [9.17, 15) is 9.59 Å². The molecule has 0 aliphatic carbocycles. The molecule has 1 unspecified atom stereocenters. The van der Waals surface area contributed by atoms with Crippen molar-refractivity contribution in [2.24, 2.45) is 0 Å². The Labute approximate surface area is 154 Å². The van der Waals surface area contributed by atoms with E-state index in [1.807, 2.05) is 0 Å². The molecule has 0 saturated carbocycles. The van der Waals surface area contributed by atoms with E-state index in [2.05, 4.69) is 0 Å². The number of ether oxygens (including phenoxy) is 3. The number of hydrogen-bond acceptors (Lipinski definition) is 5. The van der Waals surface area contributed by atoms with E-state index in [0.717, 1.165) is 5.56 Å². The van der Waals surface area contributed by atoms with Crippen LogP contribution in [-0.2, 0) is 20.8 Å². The van der Waals surface area contributed by atoms with Crippen molar-refractivity contribution in [3.05, 3.63) is 41.7 Å². The van der Waals surface area contributed by atoms with Gasteiger partial charge in [-0.1, -0.05) is 6.07 Å². The molecular weight excluding hydrogens is 333 g/mol. The zero-order chi connectivity index (χ0) is 18.6. The molecule has 6 nitrogen and oxygen atoms in total. The van der Waals surface area contributed by atoms with Crippen LogP contribution in [0.4, 0.5) is 0 Å². The number of hydrogen-bond donors (Lipinski definition) is 0. The summed E-state index contributed by atoms with van der Waals surface area (Å²) in [6.45, 7) is 3.90. The highest BCUT2D eigenvalue weighted by Gasteiger charge is 2.35. The Bertz CT molecular complexity index is 720. The summed E-state index contributed by atoms with van der Waals surface area (Å²) in [6, 6.07) is 5.17. The van der Waals surface area contributed by atoms with Crippen LogP contribution >= 0.6 is 0 Å². The van der Waals surface area contributed by atoms with Crippen LogP contribution in [0.1, 0.15) is 35.7 Å². The molecule has 3 rings (SSSR count). The number of nitrogens with zero attached hydrogens (tertiary/aromatic N) is 1. The van der Waals surface area contributed by atoms with Crippen LogP contribution in [-0.4, -0.2) is 51.0 Å². The van der Waals surface area contributed by atoms with Crippen LogP contribution in [0.25, 0.3) is 0 Å². The second-order valence-corrected chi connectivity index (χ2v) is 6.44. The van der Waals surface area contributed by atoms with Gasteiger partial charge < -0.3 is 19.1 Å². The Balaban J connectivity index is 1.82. The number of carbonyl (C=O) groups excluding carboxylic acids is 2. The summed E-state index contributed by atoms with van der Waals surface area (Å²) >= 11 is 0. The molecule has 0 N–H and O–H groups in total. The van der Waals surface area contributed by atoms with Gasteiger partial charge in [0.25, 0.3) is 0 Å². The fourth-order valence-corrected chi connectivity index (χ4v) is 3.08. The van der Waals surface area contributed by atoms with Crippen LogP contribution in [0.2, 0.25) is 5.31 Å². The molecule has 2 aliphatic heterocycles. The number of amides is 1. The maximum atomic E-state index is 13.0. The Morgan fingerprint density at radius 3 is 2.92 bits per heavy atom. The number of esters is 1. The number of fused-ring (bicyclic) bond motifs is 1. The second-order valence-electron chi connectivity index (χ2n) is 6.44. The van der Waals surface area contributed by atoms with E-state index in [1.54, 1.807) is 36.1 Å². The minimum atomic E-state index is -1.04. The lowest BCUT2D eigenvalue weighted by molar-refractivity contribution is -0.134. The molecule has 2 radical (unpaired) electrons. The fraction of sp³-hybridized carbons (Fsp3) is 0.474. The first-order chi connectivity index (χ1) is 12.5. The van der Waals surface area contributed by atoms with E-state index < -0.39 is 5.31 Å². The van der Waals surface area contributed by atoms with Gasteiger partial charge in [-0.15, -0.1) is 0 Å². The van der Waals surface area contributed by atoms with Crippen molar-refractivity contribution in [2.75, 3.05) is 26.4 Å². The van der Waals surface area contributed by atoms with Crippen molar-refractivity contribution in [3.63, 3.8) is 0 Å². The third-order valence-electron chi connectivity index (χ3n) is 4.55. The molecule has 0 fully saturated rings. The number of carbonyl (C=O) groups is 2. The second kappa shape index (κ2) is 7.85. The summed E-state index contributed by atoms with van der Waals surface area (Å²) in [4.78, 5) is 26.7. The van der Waals surface area contributed by atoms with Crippen molar-refractivity contribution >= 4 is 19.7 Å². The summed E-state index contributed by atoms with van der Waals surface area (Å²) in [7, 11) is 6.29. The van der Waals surface area contributed by atoms with E-state index in [-0.39, 0.29) is 11.9 Å². The van der Waals surface area contributed by atoms with Crippen LogP contribution in [0.3, 0.4) is 0 Å². The average Bonchev–Trinajstić information content (AvgIpc) is 2.62. The lowest BCUT2D eigenvalue weighted by Crippen LogP contribution is -2.42. The number of benzene rings is 1. The highest BCUT2D eigenvalue weighted by molar-refractivity contribution is 6.29. The van der Waals surface area contributed by atoms with E-state index in [0.29, 0.717) is 57.1 Å². The van der Waals surface area contributed by atoms with Gasteiger partial charge in [-0.2, -0.15) is 0 Å². The first-order valence-corrected chi connectivity index (χ1v) is 8.84. The molecule has 0 spiro atoms. The Kier molecular flexibility index (Phi) is 5.54. The largest absolute Gasteiger partial charge is 0.502 e. The lowest BCUT2D eigenvalue weighted by Gasteiger charge is -2.35. The number of rotatable bonds is 3. The average molecular weight is 355 g/mol. The zero-order valence-corrected chi connectivity index (χ0v) is 14.9. The molecule has 2 heterocycles. The minimum Gasteiger partial charge on any atom is -0.502 e. The Morgan fingerprint density at radius 2 is 2.19 bits per heavy atom. The van der Waals surface area contributed by atoms with Crippen LogP contribution in [0.15, 0.2) is 30.5 Å². The van der Waals surface area contributed by atoms with Crippen molar-refractivity contribution in [3.8, 4) is 5.75 Å². The zero-order valence-electron chi connectivity index (χ0n) is 14.9. The van der Waals surface area contributed by atoms with Gasteiger partial charge in [0.1, 0.15) is 5.75 Å². The van der Waals surface area contributed by atoms with Gasteiger partial charge in [0, 0.05) is 24.0 Å². The summed E-state index contributed by atoms with van der Waals surface area (Å²) in [5.41, 5.74) is 1.28. The molecule has 0 aromatic heterocycles. The molecular formula is C19H22BNO5. The SMILES string of the molecule is [B]C1(C(=O)N2CCCOc3cc(C(=O)OCC)ccc3C2)C=COCC1. The molecule has 1 amide bonds. The molecule has 136 valence electrons. The Hall–Kier alpha value is -2.44. The molecule has 1 aromatic carbocycles. The van der Waals surface area contributed by atoms with Crippen molar-refractivity contribution < 1.29 is 23.8 Å². The summed E-state index contributed by atoms with van der Waals surface area (Å²) in [6.07, 6.45) is 4.25. The van der Waals surface area contributed by atoms with Gasteiger partial charge in [0.2, 0.25) is 5.91 Å². The maximum Gasteiger partial charge on any atom is 0.338 e. The highest BCUT2D eigenvalue weighted by atomic mass is 16.5. The smallest absolute Gasteiger partial charge is 0.338 e. The van der Waals surface area contributed by atoms with E-state index in [1.165, 1.54) is 6.26 Å². The summed E-state index contributed by atoms with van der Waals surface area (Å²) < 4.78 is 16.0. The highest BCUT2D eigenvalue weighted by Crippen LogP contribution is 2.35. The van der Waals surface area contributed by atoms with Crippen molar-refractivity contribution in [2.45, 2.75) is 31.6 Å². The molecule has 0 saturated heterocycles. The van der Waals surface area contributed by atoms with Gasteiger partial charge in [-0.05, 0) is 38.0 Å². The van der Waals surface area contributed by atoms with Gasteiger partial charge >= 0.3 is 5.97 Å². The quantitative estimate of drug-likeness (QED) is 0.615. The van der Waals surface area contributed by atoms with Crippen LogP contribution < -0.4 is 4.74 Å². The Morgan fingerprint density at radius 1 is 1.35 bits per heavy atom. The first kappa shape index (κ1) is 18.4. The van der Waals surface area contributed by atoms with E-state index in [4.69, 9.17) is 22.1 Å². The third-order valence-corrected chi connectivity index (χ3v) is 4.55. The molecule has 0 bridgehead atoms. The standard InChI is InChI=1S/C19H22BNO5/c1-2-25-17(22)14-4-5-15-13-21(8-3-9-26-16(15)12-14)18(23)19(20)6-10-24-11-7-19/h4-6,10,12H,2-3,7-9,11,13H2,1H3. The molecule has 1 aromatic rings. The normalized spacial score (nSPS) is 22.3. The van der Waals surface area contributed by atoms with Gasteiger partial charge in [-0.25, -0.2) is 4.79 Å². The van der Waals surface area contributed by atoms with Crippen LogP contribution in [0.5, 0.6) is 5.75 Å². The minimum absolute atomic E-state index is 0.126. The third kappa shape index (κ3) is 3.87. The summed E-state index contributed by atoms with van der Waals surface area (Å²) in [5, 5.41) is -1.04.